The molecular formula is C25H32N8O. The standard InChI is InChI=1S/C25H32N8O/c1-17-15-19(5-6-20(17)33-11-9-31(3)10-12-33)27-25-26-16-18(2)23(30-25)28-22-8-7-21-24(29-22)32(4)13-14-34-21/h5-8,15-16H,9-14H2,1-4H3,(H2,26,27,28,29,30). The molecule has 3 aromatic rings. The number of anilines is 6. The molecule has 1 fully saturated rings. The number of benzene rings is 1. The van der Waals surface area contributed by atoms with Gasteiger partial charge >= 0.3 is 0 Å². The minimum Gasteiger partial charge on any atom is -0.488 e. The highest BCUT2D eigenvalue weighted by Gasteiger charge is 2.18. The molecule has 9 nitrogen and oxygen atoms in total. The van der Waals surface area contributed by atoms with E-state index in [0.717, 1.165) is 67.2 Å². The van der Waals surface area contributed by atoms with Crippen LogP contribution in [-0.2, 0) is 0 Å². The fraction of sp³-hybridized carbons (Fsp3) is 0.400. The van der Waals surface area contributed by atoms with Crippen LogP contribution in [0.4, 0.5) is 34.8 Å². The quantitative estimate of drug-likeness (QED) is 0.594. The lowest BCUT2D eigenvalue weighted by Gasteiger charge is -2.35. The van der Waals surface area contributed by atoms with Gasteiger partial charge in [0.1, 0.15) is 18.2 Å². The maximum atomic E-state index is 5.70. The molecule has 9 heteroatoms. The number of nitrogens with one attached hydrogen (secondary N) is 2. The predicted molar refractivity (Wildman–Crippen MR) is 137 cm³/mol. The average Bonchev–Trinajstić information content (AvgIpc) is 2.83. The second-order valence-electron chi connectivity index (χ2n) is 9.06. The molecule has 0 radical (unpaired) electrons. The van der Waals surface area contributed by atoms with Crippen molar-refractivity contribution in [2.45, 2.75) is 13.8 Å². The van der Waals surface area contributed by atoms with Gasteiger partial charge in [-0.2, -0.15) is 4.98 Å². The van der Waals surface area contributed by atoms with Crippen molar-refractivity contribution in [1.29, 1.82) is 0 Å². The van der Waals surface area contributed by atoms with E-state index in [1.54, 1.807) is 0 Å². The fourth-order valence-electron chi connectivity index (χ4n) is 4.30. The Morgan fingerprint density at radius 3 is 2.50 bits per heavy atom. The average molecular weight is 461 g/mol. The molecule has 4 heterocycles. The van der Waals surface area contributed by atoms with Gasteiger partial charge in [0, 0.05) is 56.4 Å². The molecule has 0 saturated carbocycles. The van der Waals surface area contributed by atoms with Gasteiger partial charge < -0.3 is 30.1 Å². The third kappa shape index (κ3) is 4.70. The lowest BCUT2D eigenvalue weighted by atomic mass is 10.1. The molecule has 1 aromatic carbocycles. The summed E-state index contributed by atoms with van der Waals surface area (Å²) in [6.45, 7) is 9.92. The number of ether oxygens (including phenoxy) is 1. The first-order valence-corrected chi connectivity index (χ1v) is 11.7. The zero-order valence-electron chi connectivity index (χ0n) is 20.3. The maximum Gasteiger partial charge on any atom is 0.229 e. The molecule has 1 saturated heterocycles. The number of likely N-dealkylation sites (N-methyl/N-ethyl adjacent to an activating group) is 2. The molecule has 5 rings (SSSR count). The Balaban J connectivity index is 1.31. The number of fused-ring (bicyclic) bond motifs is 1. The van der Waals surface area contributed by atoms with Gasteiger partial charge in [-0.3, -0.25) is 0 Å². The molecule has 0 atom stereocenters. The van der Waals surface area contributed by atoms with Crippen LogP contribution >= 0.6 is 0 Å². The van der Waals surface area contributed by atoms with Gasteiger partial charge in [-0.1, -0.05) is 0 Å². The van der Waals surface area contributed by atoms with Crippen LogP contribution in [0.1, 0.15) is 11.1 Å². The minimum absolute atomic E-state index is 0.540. The number of rotatable bonds is 5. The van der Waals surface area contributed by atoms with Gasteiger partial charge in [-0.05, 0) is 56.8 Å². The van der Waals surface area contributed by atoms with E-state index in [-0.39, 0.29) is 0 Å². The molecule has 178 valence electrons. The van der Waals surface area contributed by atoms with Gasteiger partial charge in [0.05, 0.1) is 6.54 Å². The van der Waals surface area contributed by atoms with E-state index in [9.17, 15) is 0 Å². The van der Waals surface area contributed by atoms with Crippen molar-refractivity contribution in [3.05, 3.63) is 47.7 Å². The van der Waals surface area contributed by atoms with Crippen LogP contribution in [0.2, 0.25) is 0 Å². The van der Waals surface area contributed by atoms with Gasteiger partial charge in [0.2, 0.25) is 5.95 Å². The van der Waals surface area contributed by atoms with Crippen molar-refractivity contribution in [2.75, 3.05) is 73.9 Å². The van der Waals surface area contributed by atoms with Gasteiger partial charge in [0.25, 0.3) is 0 Å². The largest absolute Gasteiger partial charge is 0.488 e. The molecule has 34 heavy (non-hydrogen) atoms. The Kier molecular flexibility index (Phi) is 6.10. The van der Waals surface area contributed by atoms with Crippen LogP contribution in [-0.4, -0.2) is 73.3 Å². The number of aromatic nitrogens is 3. The van der Waals surface area contributed by atoms with Crippen LogP contribution in [0, 0.1) is 13.8 Å². The third-order valence-electron chi connectivity index (χ3n) is 6.40. The second-order valence-corrected chi connectivity index (χ2v) is 9.06. The van der Waals surface area contributed by atoms with E-state index < -0.39 is 0 Å². The Morgan fingerprint density at radius 2 is 1.71 bits per heavy atom. The van der Waals surface area contributed by atoms with Crippen LogP contribution in [0.5, 0.6) is 5.75 Å². The van der Waals surface area contributed by atoms with E-state index in [1.807, 2.05) is 32.3 Å². The molecule has 2 aliphatic rings. The first-order chi connectivity index (χ1) is 16.5. The van der Waals surface area contributed by atoms with Gasteiger partial charge in [0.15, 0.2) is 11.6 Å². The van der Waals surface area contributed by atoms with Crippen molar-refractivity contribution in [3.63, 3.8) is 0 Å². The van der Waals surface area contributed by atoms with Crippen LogP contribution < -0.4 is 25.2 Å². The van der Waals surface area contributed by atoms with Crippen molar-refractivity contribution in [2.24, 2.45) is 0 Å². The molecular weight excluding hydrogens is 428 g/mol. The summed E-state index contributed by atoms with van der Waals surface area (Å²) < 4.78 is 5.70. The molecule has 2 N–H and O–H groups in total. The monoisotopic (exact) mass is 460 g/mol. The summed E-state index contributed by atoms with van der Waals surface area (Å²) in [7, 11) is 4.20. The lowest BCUT2D eigenvalue weighted by Crippen LogP contribution is -2.44. The summed E-state index contributed by atoms with van der Waals surface area (Å²) in [4.78, 5) is 20.8. The van der Waals surface area contributed by atoms with Crippen molar-refractivity contribution >= 4 is 34.8 Å². The number of hydrogen-bond donors (Lipinski definition) is 2. The van der Waals surface area contributed by atoms with Crippen LogP contribution in [0.15, 0.2) is 36.5 Å². The van der Waals surface area contributed by atoms with Crippen molar-refractivity contribution in [3.8, 4) is 5.75 Å². The first kappa shape index (κ1) is 22.2. The summed E-state index contributed by atoms with van der Waals surface area (Å²) in [6.07, 6.45) is 1.82. The van der Waals surface area contributed by atoms with Crippen LogP contribution in [0.3, 0.4) is 0 Å². The molecule has 0 unspecified atom stereocenters. The first-order valence-electron chi connectivity index (χ1n) is 11.7. The van der Waals surface area contributed by atoms with Gasteiger partial charge in [-0.15, -0.1) is 0 Å². The summed E-state index contributed by atoms with van der Waals surface area (Å²) in [5, 5.41) is 6.70. The summed E-state index contributed by atoms with van der Waals surface area (Å²) in [6, 6.07) is 10.3. The zero-order chi connectivity index (χ0) is 23.7. The molecule has 2 aromatic heterocycles. The highest BCUT2D eigenvalue weighted by atomic mass is 16.5. The Bertz CT molecular complexity index is 1180. The van der Waals surface area contributed by atoms with E-state index in [1.165, 1.54) is 11.3 Å². The predicted octanol–water partition coefficient (Wildman–Crippen LogP) is 3.56. The van der Waals surface area contributed by atoms with E-state index in [0.29, 0.717) is 12.6 Å². The van der Waals surface area contributed by atoms with E-state index in [2.05, 4.69) is 62.5 Å². The SMILES string of the molecule is Cc1cc(Nc2ncc(C)c(Nc3ccc4c(n3)N(C)CCO4)n2)ccc1N1CCN(C)CC1. The molecule has 2 aliphatic heterocycles. The normalized spacial score (nSPS) is 16.1. The number of aryl methyl sites for hydroxylation is 2. The molecule has 0 amide bonds. The summed E-state index contributed by atoms with van der Waals surface area (Å²) >= 11 is 0. The lowest BCUT2D eigenvalue weighted by molar-refractivity contribution is 0.309. The summed E-state index contributed by atoms with van der Waals surface area (Å²) in [5.74, 6) is 3.61. The van der Waals surface area contributed by atoms with Gasteiger partial charge in [-0.25, -0.2) is 9.97 Å². The number of piperazine rings is 1. The topological polar surface area (TPSA) is 81.7 Å². The van der Waals surface area contributed by atoms with Crippen LogP contribution in [0.25, 0.3) is 0 Å². The number of pyridine rings is 1. The highest BCUT2D eigenvalue weighted by molar-refractivity contribution is 5.66. The number of hydrogen-bond acceptors (Lipinski definition) is 9. The third-order valence-corrected chi connectivity index (χ3v) is 6.40. The summed E-state index contributed by atoms with van der Waals surface area (Å²) in [5.41, 5.74) is 4.44. The minimum atomic E-state index is 0.540. The smallest absolute Gasteiger partial charge is 0.229 e. The zero-order valence-corrected chi connectivity index (χ0v) is 20.3. The molecule has 0 aliphatic carbocycles. The van der Waals surface area contributed by atoms with E-state index >= 15 is 0 Å². The number of nitrogens with zero attached hydrogens (tertiary/aromatic N) is 6. The molecule has 0 spiro atoms. The maximum absolute atomic E-state index is 5.70. The Labute approximate surface area is 200 Å². The molecule has 0 bridgehead atoms. The Hall–Kier alpha value is -3.59. The highest BCUT2D eigenvalue weighted by Crippen LogP contribution is 2.31. The van der Waals surface area contributed by atoms with Crippen molar-refractivity contribution < 1.29 is 4.74 Å². The van der Waals surface area contributed by atoms with Crippen molar-refractivity contribution in [1.82, 2.24) is 19.9 Å². The van der Waals surface area contributed by atoms with E-state index in [4.69, 9.17) is 14.7 Å². The fourth-order valence-corrected chi connectivity index (χ4v) is 4.30. The Morgan fingerprint density at radius 1 is 0.882 bits per heavy atom. The second kappa shape index (κ2) is 9.34.